The van der Waals surface area contributed by atoms with E-state index in [1.807, 2.05) is 54.6 Å². The third kappa shape index (κ3) is 5.77. The number of fused-ring (bicyclic) bond motifs is 1. The van der Waals surface area contributed by atoms with Gasteiger partial charge in [-0.15, -0.1) is 0 Å². The topological polar surface area (TPSA) is 61.9 Å². The summed E-state index contributed by atoms with van der Waals surface area (Å²) >= 11 is 4.91. The Hall–Kier alpha value is -2.13. The maximum atomic E-state index is 13.3. The molecule has 0 atom stereocenters. The second-order valence-corrected chi connectivity index (χ2v) is 9.33. The summed E-state index contributed by atoms with van der Waals surface area (Å²) < 4.78 is 6.30. The van der Waals surface area contributed by atoms with Gasteiger partial charge >= 0.3 is 0 Å². The summed E-state index contributed by atoms with van der Waals surface area (Å²) in [6.45, 7) is 4.57. The number of thioether (sulfide) groups is 1. The second-order valence-electron chi connectivity index (χ2n) is 7.33. The van der Waals surface area contributed by atoms with Gasteiger partial charge in [-0.05, 0) is 35.9 Å². The molecule has 6 nitrogen and oxygen atoms in total. The number of rotatable bonds is 6. The van der Waals surface area contributed by atoms with E-state index >= 15 is 0 Å². The van der Waals surface area contributed by atoms with Gasteiger partial charge in [-0.2, -0.15) is 0 Å². The van der Waals surface area contributed by atoms with Crippen LogP contribution in [-0.2, 0) is 14.3 Å². The third-order valence-corrected chi connectivity index (χ3v) is 6.70. The smallest absolute Gasteiger partial charge is 0.265 e. The molecule has 1 N–H and O–H groups in total. The zero-order valence-electron chi connectivity index (χ0n) is 17.1. The van der Waals surface area contributed by atoms with Gasteiger partial charge in [0.1, 0.15) is 6.54 Å². The van der Waals surface area contributed by atoms with Gasteiger partial charge in [-0.3, -0.25) is 19.4 Å². The van der Waals surface area contributed by atoms with Crippen LogP contribution in [0.3, 0.4) is 0 Å². The predicted octanol–water partition coefficient (Wildman–Crippen LogP) is 3.38. The highest BCUT2D eigenvalue weighted by molar-refractivity contribution is 9.10. The number of morpholine rings is 1. The quantitative estimate of drug-likeness (QED) is 0.614. The number of ether oxygens (including phenoxy) is 1. The number of nitrogens with one attached hydrogen (secondary N) is 1. The zero-order chi connectivity index (χ0) is 21.6. The first-order valence-electron chi connectivity index (χ1n) is 10.2. The van der Waals surface area contributed by atoms with E-state index in [2.05, 4.69) is 26.1 Å². The molecule has 0 unspecified atom stereocenters. The summed E-state index contributed by atoms with van der Waals surface area (Å²) in [6, 6.07) is 15.5. The summed E-state index contributed by atoms with van der Waals surface area (Å²) in [4.78, 5) is 31.3. The van der Waals surface area contributed by atoms with Crippen LogP contribution in [0.1, 0.15) is 5.56 Å². The average molecular weight is 502 g/mol. The molecule has 31 heavy (non-hydrogen) atoms. The molecular formula is C23H24BrN3O3S. The first kappa shape index (κ1) is 22.1. The Bertz CT molecular complexity index is 992. The minimum Gasteiger partial charge on any atom is -0.379 e. The molecule has 8 heteroatoms. The Labute approximate surface area is 194 Å². The van der Waals surface area contributed by atoms with E-state index in [0.29, 0.717) is 11.4 Å². The number of hydrogen-bond acceptors (Lipinski definition) is 5. The van der Waals surface area contributed by atoms with Crippen molar-refractivity contribution in [2.45, 2.75) is 4.90 Å². The van der Waals surface area contributed by atoms with Crippen LogP contribution < -0.4 is 10.2 Å². The maximum absolute atomic E-state index is 13.3. The number of amides is 2. The summed E-state index contributed by atoms with van der Waals surface area (Å²) in [5.74, 6) is -0.322. The molecule has 1 fully saturated rings. The second kappa shape index (κ2) is 10.5. The SMILES string of the molecule is O=C(CN1C(=O)/C(=C\c2cccc(Br)c2)Sc2ccccc21)NCCN1CCOCC1. The minimum absolute atomic E-state index is 0.00462. The van der Waals surface area contributed by atoms with Crippen molar-refractivity contribution in [2.24, 2.45) is 0 Å². The Kier molecular flexibility index (Phi) is 7.45. The predicted molar refractivity (Wildman–Crippen MR) is 127 cm³/mol. The van der Waals surface area contributed by atoms with E-state index in [0.717, 1.165) is 53.5 Å². The molecule has 1 saturated heterocycles. The van der Waals surface area contributed by atoms with E-state index in [9.17, 15) is 9.59 Å². The molecule has 2 heterocycles. The molecule has 2 aromatic carbocycles. The number of carbonyl (C=O) groups excluding carboxylic acids is 2. The molecule has 2 aliphatic rings. The van der Waals surface area contributed by atoms with E-state index in [1.54, 1.807) is 4.90 Å². The molecule has 0 spiro atoms. The highest BCUT2D eigenvalue weighted by atomic mass is 79.9. The molecule has 2 amide bonds. The van der Waals surface area contributed by atoms with Crippen LogP contribution in [0.5, 0.6) is 0 Å². The van der Waals surface area contributed by atoms with Crippen molar-refractivity contribution < 1.29 is 14.3 Å². The Morgan fingerprint density at radius 2 is 1.97 bits per heavy atom. The van der Waals surface area contributed by atoms with E-state index in [-0.39, 0.29) is 18.4 Å². The van der Waals surface area contributed by atoms with Crippen LogP contribution in [-0.4, -0.2) is 62.7 Å². The lowest BCUT2D eigenvalue weighted by Crippen LogP contribution is -2.45. The highest BCUT2D eigenvalue weighted by Gasteiger charge is 2.30. The average Bonchev–Trinajstić information content (AvgIpc) is 2.77. The molecule has 2 aromatic rings. The molecule has 2 aliphatic heterocycles. The van der Waals surface area contributed by atoms with Crippen LogP contribution in [0, 0.1) is 0 Å². The van der Waals surface area contributed by atoms with Gasteiger partial charge in [0, 0.05) is 35.5 Å². The largest absolute Gasteiger partial charge is 0.379 e. The van der Waals surface area contributed by atoms with Crippen LogP contribution in [0.25, 0.3) is 6.08 Å². The zero-order valence-corrected chi connectivity index (χ0v) is 19.5. The van der Waals surface area contributed by atoms with Crippen molar-refractivity contribution in [3.05, 3.63) is 63.5 Å². The monoisotopic (exact) mass is 501 g/mol. The van der Waals surface area contributed by atoms with E-state index < -0.39 is 0 Å². The molecule has 0 aliphatic carbocycles. The number of carbonyl (C=O) groups is 2. The number of hydrogen-bond donors (Lipinski definition) is 1. The summed E-state index contributed by atoms with van der Waals surface area (Å²) in [5, 5.41) is 2.95. The lowest BCUT2D eigenvalue weighted by molar-refractivity contribution is -0.122. The van der Waals surface area contributed by atoms with Crippen molar-refractivity contribution in [3.8, 4) is 0 Å². The Morgan fingerprint density at radius 1 is 1.16 bits per heavy atom. The minimum atomic E-state index is -0.162. The van der Waals surface area contributed by atoms with Gasteiger partial charge in [0.25, 0.3) is 5.91 Å². The summed E-state index contributed by atoms with van der Waals surface area (Å²) in [6.07, 6.45) is 1.87. The summed E-state index contributed by atoms with van der Waals surface area (Å²) in [5.41, 5.74) is 1.70. The van der Waals surface area contributed by atoms with Crippen molar-refractivity contribution in [2.75, 3.05) is 50.8 Å². The number of nitrogens with zero attached hydrogens (tertiary/aromatic N) is 2. The van der Waals surface area contributed by atoms with Crippen molar-refractivity contribution >= 4 is 51.3 Å². The maximum Gasteiger partial charge on any atom is 0.265 e. The number of benzene rings is 2. The van der Waals surface area contributed by atoms with Gasteiger partial charge < -0.3 is 10.1 Å². The van der Waals surface area contributed by atoms with Gasteiger partial charge in [0.2, 0.25) is 5.91 Å². The van der Waals surface area contributed by atoms with Crippen LogP contribution in [0.15, 0.2) is 62.8 Å². The summed E-state index contributed by atoms with van der Waals surface area (Å²) in [7, 11) is 0. The van der Waals surface area contributed by atoms with E-state index in [1.165, 1.54) is 11.8 Å². The van der Waals surface area contributed by atoms with Crippen LogP contribution in [0.4, 0.5) is 5.69 Å². The van der Waals surface area contributed by atoms with Crippen LogP contribution >= 0.6 is 27.7 Å². The van der Waals surface area contributed by atoms with Crippen molar-refractivity contribution in [1.82, 2.24) is 10.2 Å². The first-order valence-corrected chi connectivity index (χ1v) is 11.8. The Morgan fingerprint density at radius 3 is 2.77 bits per heavy atom. The fourth-order valence-electron chi connectivity index (χ4n) is 3.54. The fraction of sp³-hybridized carbons (Fsp3) is 0.304. The fourth-order valence-corrected chi connectivity index (χ4v) is 5.02. The van der Waals surface area contributed by atoms with E-state index in [4.69, 9.17) is 4.74 Å². The first-order chi connectivity index (χ1) is 15.1. The Balaban J connectivity index is 1.46. The lowest BCUT2D eigenvalue weighted by atomic mass is 10.2. The number of anilines is 1. The van der Waals surface area contributed by atoms with Gasteiger partial charge in [-0.1, -0.05) is 52.0 Å². The molecule has 162 valence electrons. The number of halogens is 1. The molecule has 0 saturated carbocycles. The lowest BCUT2D eigenvalue weighted by Gasteiger charge is -2.30. The number of para-hydroxylation sites is 1. The molecular weight excluding hydrogens is 478 g/mol. The van der Waals surface area contributed by atoms with Crippen molar-refractivity contribution in [1.29, 1.82) is 0 Å². The molecule has 0 bridgehead atoms. The third-order valence-electron chi connectivity index (χ3n) is 5.13. The van der Waals surface area contributed by atoms with Gasteiger partial charge in [0.05, 0.1) is 23.8 Å². The molecule has 4 rings (SSSR count). The molecule has 0 aromatic heterocycles. The highest BCUT2D eigenvalue weighted by Crippen LogP contribution is 2.41. The van der Waals surface area contributed by atoms with Gasteiger partial charge in [-0.25, -0.2) is 0 Å². The van der Waals surface area contributed by atoms with Crippen molar-refractivity contribution in [3.63, 3.8) is 0 Å². The standard InChI is InChI=1S/C23H24BrN3O3S/c24-18-5-3-4-17(14-18)15-21-23(29)27(19-6-1-2-7-20(19)31-21)16-22(28)25-8-9-26-10-12-30-13-11-26/h1-7,14-15H,8-13,16H2,(H,25,28)/b21-15+. The van der Waals surface area contributed by atoms with Crippen LogP contribution in [0.2, 0.25) is 0 Å². The molecule has 0 radical (unpaired) electrons. The van der Waals surface area contributed by atoms with Gasteiger partial charge in [0.15, 0.2) is 0 Å². The normalized spacial score (nSPS) is 18.2.